The Morgan fingerprint density at radius 3 is 2.20 bits per heavy atom. The number of nitrogens with zero attached hydrogens (tertiary/aromatic N) is 1. The summed E-state index contributed by atoms with van der Waals surface area (Å²) in [6.45, 7) is 9.39. The molecule has 1 amide bonds. The number of aryl methyl sites for hydroxylation is 1. The van der Waals surface area contributed by atoms with Crippen LogP contribution in [0.3, 0.4) is 0 Å². The molecule has 1 fully saturated rings. The minimum Gasteiger partial charge on any atom is -0.484 e. The first-order chi connectivity index (χ1) is 14.6. The number of benzene rings is 2. The number of rotatable bonds is 9. The SMILES string of the molecule is CCc1ccc(OCC(=O)NC[C@H](c2ccc(C(C)C)cc2)N2CCCCC2)cc1. The number of hydrogen-bond acceptors (Lipinski definition) is 3. The lowest BCUT2D eigenvalue weighted by molar-refractivity contribution is -0.123. The van der Waals surface area contributed by atoms with Crippen LogP contribution in [0.25, 0.3) is 0 Å². The summed E-state index contributed by atoms with van der Waals surface area (Å²) in [7, 11) is 0. The van der Waals surface area contributed by atoms with Gasteiger partial charge in [0.15, 0.2) is 6.61 Å². The third kappa shape index (κ3) is 6.33. The van der Waals surface area contributed by atoms with Gasteiger partial charge in [0, 0.05) is 6.54 Å². The van der Waals surface area contributed by atoms with Crippen molar-refractivity contribution >= 4 is 5.91 Å². The molecule has 2 aromatic carbocycles. The Bertz CT molecular complexity index is 778. The van der Waals surface area contributed by atoms with Crippen molar-refractivity contribution < 1.29 is 9.53 Å². The summed E-state index contributed by atoms with van der Waals surface area (Å²) < 4.78 is 5.67. The molecule has 162 valence electrons. The monoisotopic (exact) mass is 408 g/mol. The van der Waals surface area contributed by atoms with Gasteiger partial charge in [-0.2, -0.15) is 0 Å². The fourth-order valence-corrected chi connectivity index (χ4v) is 4.02. The summed E-state index contributed by atoms with van der Waals surface area (Å²) in [4.78, 5) is 15.0. The van der Waals surface area contributed by atoms with Gasteiger partial charge < -0.3 is 10.1 Å². The molecule has 1 aliphatic rings. The molecular weight excluding hydrogens is 372 g/mol. The predicted molar refractivity (Wildman–Crippen MR) is 123 cm³/mol. The topological polar surface area (TPSA) is 41.6 Å². The van der Waals surface area contributed by atoms with E-state index in [4.69, 9.17) is 4.74 Å². The van der Waals surface area contributed by atoms with E-state index in [0.717, 1.165) is 25.3 Å². The van der Waals surface area contributed by atoms with Crippen molar-refractivity contribution in [2.45, 2.75) is 58.4 Å². The van der Waals surface area contributed by atoms with Gasteiger partial charge in [0.1, 0.15) is 5.75 Å². The van der Waals surface area contributed by atoms with E-state index >= 15 is 0 Å². The summed E-state index contributed by atoms with van der Waals surface area (Å²) >= 11 is 0. The summed E-state index contributed by atoms with van der Waals surface area (Å²) in [5, 5.41) is 3.10. The molecule has 1 atom stereocenters. The van der Waals surface area contributed by atoms with E-state index in [1.165, 1.54) is 36.0 Å². The molecule has 30 heavy (non-hydrogen) atoms. The van der Waals surface area contributed by atoms with Crippen molar-refractivity contribution in [3.05, 3.63) is 65.2 Å². The Morgan fingerprint density at radius 2 is 1.60 bits per heavy atom. The smallest absolute Gasteiger partial charge is 0.258 e. The Labute approximate surface area is 181 Å². The number of nitrogens with one attached hydrogen (secondary N) is 1. The van der Waals surface area contributed by atoms with Crippen LogP contribution in [0.2, 0.25) is 0 Å². The highest BCUT2D eigenvalue weighted by Gasteiger charge is 2.23. The fourth-order valence-electron chi connectivity index (χ4n) is 4.02. The second kappa shape index (κ2) is 11.2. The quantitative estimate of drug-likeness (QED) is 0.628. The van der Waals surface area contributed by atoms with Crippen molar-refractivity contribution in [3.63, 3.8) is 0 Å². The van der Waals surface area contributed by atoms with Crippen LogP contribution in [-0.2, 0) is 11.2 Å². The third-order valence-corrected chi connectivity index (χ3v) is 6.01. The highest BCUT2D eigenvalue weighted by Crippen LogP contribution is 2.26. The number of hydrogen-bond donors (Lipinski definition) is 1. The number of ether oxygens (including phenoxy) is 1. The number of amides is 1. The molecule has 4 nitrogen and oxygen atoms in total. The Balaban J connectivity index is 1.58. The second-order valence-corrected chi connectivity index (χ2v) is 8.52. The normalized spacial score (nSPS) is 15.7. The van der Waals surface area contributed by atoms with Crippen LogP contribution in [0.15, 0.2) is 48.5 Å². The molecule has 1 aliphatic heterocycles. The van der Waals surface area contributed by atoms with E-state index in [0.29, 0.717) is 12.5 Å². The van der Waals surface area contributed by atoms with Gasteiger partial charge in [0.2, 0.25) is 0 Å². The van der Waals surface area contributed by atoms with Crippen LogP contribution in [0.4, 0.5) is 0 Å². The van der Waals surface area contributed by atoms with Crippen molar-refractivity contribution in [1.82, 2.24) is 10.2 Å². The lowest BCUT2D eigenvalue weighted by atomic mass is 9.97. The van der Waals surface area contributed by atoms with Crippen LogP contribution in [0.1, 0.15) is 68.7 Å². The van der Waals surface area contributed by atoms with Crippen LogP contribution >= 0.6 is 0 Å². The standard InChI is InChI=1S/C26H36N2O2/c1-4-21-8-14-24(15-9-21)30-19-26(29)27-18-25(28-16-6-5-7-17-28)23-12-10-22(11-13-23)20(2)3/h8-15,20,25H,4-7,16-19H2,1-3H3,(H,27,29)/t25-/m1/s1. The predicted octanol–water partition coefficient (Wildman–Crippen LogP) is 5.09. The lowest BCUT2D eigenvalue weighted by Gasteiger charge is -2.35. The molecule has 2 aromatic rings. The molecule has 1 N–H and O–H groups in total. The Morgan fingerprint density at radius 1 is 0.967 bits per heavy atom. The zero-order valence-corrected chi connectivity index (χ0v) is 18.7. The molecule has 0 aromatic heterocycles. The molecule has 0 saturated carbocycles. The highest BCUT2D eigenvalue weighted by molar-refractivity contribution is 5.77. The maximum Gasteiger partial charge on any atom is 0.258 e. The maximum absolute atomic E-state index is 12.4. The minimum atomic E-state index is -0.0737. The van der Waals surface area contributed by atoms with E-state index in [2.05, 4.69) is 55.3 Å². The first kappa shape index (κ1) is 22.4. The molecule has 0 unspecified atom stereocenters. The number of carbonyl (C=O) groups is 1. The highest BCUT2D eigenvalue weighted by atomic mass is 16.5. The van der Waals surface area contributed by atoms with E-state index in [1.807, 2.05) is 24.3 Å². The average molecular weight is 409 g/mol. The van der Waals surface area contributed by atoms with Crippen molar-refractivity contribution in [3.8, 4) is 5.75 Å². The van der Waals surface area contributed by atoms with Crippen LogP contribution in [0.5, 0.6) is 5.75 Å². The number of carbonyl (C=O) groups excluding carboxylic acids is 1. The zero-order valence-electron chi connectivity index (χ0n) is 18.7. The van der Waals surface area contributed by atoms with Crippen molar-refractivity contribution in [1.29, 1.82) is 0 Å². The molecule has 0 aliphatic carbocycles. The van der Waals surface area contributed by atoms with Gasteiger partial charge in [-0.15, -0.1) is 0 Å². The molecule has 0 radical (unpaired) electrons. The van der Waals surface area contributed by atoms with Crippen LogP contribution in [-0.4, -0.2) is 37.0 Å². The largest absolute Gasteiger partial charge is 0.484 e. The van der Waals surface area contributed by atoms with Crippen molar-refractivity contribution in [2.75, 3.05) is 26.2 Å². The molecule has 1 saturated heterocycles. The van der Waals surface area contributed by atoms with Gasteiger partial charge in [-0.1, -0.05) is 63.6 Å². The fraction of sp³-hybridized carbons (Fsp3) is 0.500. The summed E-state index contributed by atoms with van der Waals surface area (Å²) in [5.41, 5.74) is 3.89. The number of piperidine rings is 1. The maximum atomic E-state index is 12.4. The van der Waals surface area contributed by atoms with Gasteiger partial charge in [0.05, 0.1) is 6.04 Å². The van der Waals surface area contributed by atoms with Gasteiger partial charge >= 0.3 is 0 Å². The van der Waals surface area contributed by atoms with Crippen LogP contribution < -0.4 is 10.1 Å². The van der Waals surface area contributed by atoms with E-state index < -0.39 is 0 Å². The van der Waals surface area contributed by atoms with E-state index in [9.17, 15) is 4.79 Å². The zero-order chi connectivity index (χ0) is 21.3. The molecule has 3 rings (SSSR count). The lowest BCUT2D eigenvalue weighted by Crippen LogP contribution is -2.41. The summed E-state index contributed by atoms with van der Waals surface area (Å²) in [5.74, 6) is 1.19. The van der Waals surface area contributed by atoms with E-state index in [-0.39, 0.29) is 18.6 Å². The van der Waals surface area contributed by atoms with Gasteiger partial charge in [-0.05, 0) is 67.1 Å². The van der Waals surface area contributed by atoms with Gasteiger partial charge in [0.25, 0.3) is 5.91 Å². The van der Waals surface area contributed by atoms with Gasteiger partial charge in [-0.3, -0.25) is 9.69 Å². The third-order valence-electron chi connectivity index (χ3n) is 6.01. The first-order valence-corrected chi connectivity index (χ1v) is 11.4. The molecule has 4 heteroatoms. The van der Waals surface area contributed by atoms with Gasteiger partial charge in [-0.25, -0.2) is 0 Å². The molecule has 0 spiro atoms. The summed E-state index contributed by atoms with van der Waals surface area (Å²) in [6.07, 6.45) is 4.75. The molecule has 0 bridgehead atoms. The number of likely N-dealkylation sites (tertiary alicyclic amines) is 1. The Kier molecular flexibility index (Phi) is 8.32. The average Bonchev–Trinajstić information content (AvgIpc) is 2.79. The second-order valence-electron chi connectivity index (χ2n) is 8.52. The molecular formula is C26H36N2O2. The van der Waals surface area contributed by atoms with Crippen molar-refractivity contribution in [2.24, 2.45) is 0 Å². The van der Waals surface area contributed by atoms with E-state index in [1.54, 1.807) is 0 Å². The summed E-state index contributed by atoms with van der Waals surface area (Å²) in [6, 6.07) is 17.1. The van der Waals surface area contributed by atoms with Crippen LogP contribution in [0, 0.1) is 0 Å². The minimum absolute atomic E-state index is 0.0461. The Hall–Kier alpha value is -2.33. The first-order valence-electron chi connectivity index (χ1n) is 11.4. The molecule has 1 heterocycles.